The lowest BCUT2D eigenvalue weighted by Crippen LogP contribution is -2.18. The number of primary amides is 1. The predicted octanol–water partition coefficient (Wildman–Crippen LogP) is 2.19. The Morgan fingerprint density at radius 2 is 1.86 bits per heavy atom. The molecule has 0 saturated carbocycles. The molecule has 1 aromatic rings. The molecular formula is C9H9I2NO2. The van der Waals surface area contributed by atoms with Crippen LogP contribution in [-0.2, 0) is 4.79 Å². The Morgan fingerprint density at radius 1 is 1.43 bits per heavy atom. The largest absolute Gasteiger partial charge is 0.506 e. The van der Waals surface area contributed by atoms with Gasteiger partial charge in [-0.3, -0.25) is 4.79 Å². The van der Waals surface area contributed by atoms with Crippen molar-refractivity contribution in [2.24, 2.45) is 5.73 Å². The first-order chi connectivity index (χ1) is 6.43. The van der Waals surface area contributed by atoms with Gasteiger partial charge in [-0.15, -0.1) is 0 Å². The summed E-state index contributed by atoms with van der Waals surface area (Å²) in [5.74, 6) is -0.424. The summed E-state index contributed by atoms with van der Waals surface area (Å²) in [5, 5.41) is 9.52. The molecule has 76 valence electrons. The van der Waals surface area contributed by atoms with Crippen LogP contribution in [0.5, 0.6) is 5.75 Å². The summed E-state index contributed by atoms with van der Waals surface area (Å²) in [6.07, 6.45) is 0. The number of hydrogen-bond acceptors (Lipinski definition) is 2. The van der Waals surface area contributed by atoms with Crippen molar-refractivity contribution in [1.82, 2.24) is 0 Å². The number of nitrogens with two attached hydrogens (primary N) is 1. The molecule has 3 N–H and O–H groups in total. The van der Waals surface area contributed by atoms with Gasteiger partial charge in [-0.25, -0.2) is 0 Å². The number of carbonyl (C=O) groups excluding carboxylic acids is 1. The van der Waals surface area contributed by atoms with Crippen molar-refractivity contribution in [3.63, 3.8) is 0 Å². The van der Waals surface area contributed by atoms with Crippen molar-refractivity contribution >= 4 is 51.1 Å². The van der Waals surface area contributed by atoms with Gasteiger partial charge in [0.15, 0.2) is 0 Å². The summed E-state index contributed by atoms with van der Waals surface area (Å²) in [4.78, 5) is 11.0. The van der Waals surface area contributed by atoms with Crippen molar-refractivity contribution < 1.29 is 9.90 Å². The quantitative estimate of drug-likeness (QED) is 0.726. The van der Waals surface area contributed by atoms with E-state index in [0.29, 0.717) is 0 Å². The molecular weight excluding hydrogens is 408 g/mol. The SMILES string of the molecule is CC(C(N)=O)c1cc(I)c(O)c(I)c1. The van der Waals surface area contributed by atoms with Crippen LogP contribution in [0.3, 0.4) is 0 Å². The molecule has 1 rings (SSSR count). The Morgan fingerprint density at radius 3 is 2.21 bits per heavy atom. The Hall–Kier alpha value is -0.0500. The van der Waals surface area contributed by atoms with Gasteiger partial charge in [0, 0.05) is 0 Å². The van der Waals surface area contributed by atoms with Gasteiger partial charge in [0.25, 0.3) is 0 Å². The molecule has 0 saturated heterocycles. The Bertz CT molecular complexity index is 356. The molecule has 1 atom stereocenters. The summed E-state index contributed by atoms with van der Waals surface area (Å²) >= 11 is 4.05. The van der Waals surface area contributed by atoms with E-state index in [2.05, 4.69) is 0 Å². The second kappa shape index (κ2) is 4.65. The van der Waals surface area contributed by atoms with Gasteiger partial charge in [-0.2, -0.15) is 0 Å². The first-order valence-electron chi connectivity index (χ1n) is 3.90. The van der Waals surface area contributed by atoms with Gasteiger partial charge in [-0.05, 0) is 69.8 Å². The number of phenolic OH excluding ortho intramolecular Hbond substituents is 1. The third-order valence-electron chi connectivity index (χ3n) is 1.97. The molecule has 1 unspecified atom stereocenters. The Kier molecular flexibility index (Phi) is 3.99. The lowest BCUT2D eigenvalue weighted by atomic mass is 10.0. The van der Waals surface area contributed by atoms with Crippen LogP contribution in [-0.4, -0.2) is 11.0 Å². The zero-order valence-corrected chi connectivity index (χ0v) is 11.7. The van der Waals surface area contributed by atoms with E-state index in [4.69, 9.17) is 5.73 Å². The molecule has 3 nitrogen and oxygen atoms in total. The average molecular weight is 417 g/mol. The van der Waals surface area contributed by atoms with E-state index in [0.717, 1.165) is 12.7 Å². The highest BCUT2D eigenvalue weighted by Crippen LogP contribution is 2.30. The fourth-order valence-electron chi connectivity index (χ4n) is 0.999. The van der Waals surface area contributed by atoms with Crippen molar-refractivity contribution in [3.05, 3.63) is 24.8 Å². The van der Waals surface area contributed by atoms with Gasteiger partial charge in [-0.1, -0.05) is 0 Å². The van der Waals surface area contributed by atoms with Crippen LogP contribution in [0.2, 0.25) is 0 Å². The van der Waals surface area contributed by atoms with Crippen molar-refractivity contribution in [3.8, 4) is 5.75 Å². The first-order valence-corrected chi connectivity index (χ1v) is 6.06. The summed E-state index contributed by atoms with van der Waals surface area (Å²) in [5.41, 5.74) is 6.04. The van der Waals surface area contributed by atoms with E-state index >= 15 is 0 Å². The van der Waals surface area contributed by atoms with E-state index in [1.54, 1.807) is 19.1 Å². The maximum atomic E-state index is 11.0. The van der Waals surface area contributed by atoms with E-state index in [-0.39, 0.29) is 17.6 Å². The number of benzene rings is 1. The number of hydrogen-bond donors (Lipinski definition) is 2. The third-order valence-corrected chi connectivity index (χ3v) is 3.61. The summed E-state index contributed by atoms with van der Waals surface area (Å²) in [6, 6.07) is 3.54. The summed E-state index contributed by atoms with van der Waals surface area (Å²) in [6.45, 7) is 1.75. The first kappa shape index (κ1) is 12.0. The summed E-state index contributed by atoms with van der Waals surface area (Å²) < 4.78 is 1.47. The molecule has 0 aromatic heterocycles. The van der Waals surface area contributed by atoms with Crippen LogP contribution in [0.4, 0.5) is 0 Å². The minimum absolute atomic E-state index is 0.256. The van der Waals surface area contributed by atoms with Gasteiger partial charge in [0.1, 0.15) is 5.75 Å². The van der Waals surface area contributed by atoms with Crippen LogP contribution < -0.4 is 5.73 Å². The van der Waals surface area contributed by atoms with Crippen molar-refractivity contribution in [2.75, 3.05) is 0 Å². The number of phenols is 1. The highest BCUT2D eigenvalue weighted by Gasteiger charge is 2.14. The molecule has 0 aliphatic carbocycles. The van der Waals surface area contributed by atoms with Gasteiger partial charge in [0.05, 0.1) is 13.1 Å². The number of carbonyl (C=O) groups is 1. The fraction of sp³-hybridized carbons (Fsp3) is 0.222. The molecule has 0 spiro atoms. The van der Waals surface area contributed by atoms with Crippen LogP contribution in [0.25, 0.3) is 0 Å². The smallest absolute Gasteiger partial charge is 0.224 e. The number of rotatable bonds is 2. The molecule has 1 aromatic carbocycles. The molecule has 1 amide bonds. The van der Waals surface area contributed by atoms with E-state index < -0.39 is 0 Å². The summed E-state index contributed by atoms with van der Waals surface area (Å²) in [7, 11) is 0. The molecule has 0 aliphatic rings. The predicted molar refractivity (Wildman–Crippen MR) is 71.2 cm³/mol. The molecule has 0 bridgehead atoms. The zero-order chi connectivity index (χ0) is 10.9. The second-order valence-corrected chi connectivity index (χ2v) is 5.28. The highest BCUT2D eigenvalue weighted by molar-refractivity contribution is 14.1. The fourth-order valence-corrected chi connectivity index (χ4v) is 2.82. The molecule has 0 fully saturated rings. The van der Waals surface area contributed by atoms with Gasteiger partial charge < -0.3 is 10.8 Å². The molecule has 0 heterocycles. The van der Waals surface area contributed by atoms with Crippen LogP contribution in [0.15, 0.2) is 12.1 Å². The third kappa shape index (κ3) is 2.50. The van der Waals surface area contributed by atoms with Crippen molar-refractivity contribution in [2.45, 2.75) is 12.8 Å². The van der Waals surface area contributed by atoms with E-state index in [9.17, 15) is 9.90 Å². The lowest BCUT2D eigenvalue weighted by Gasteiger charge is -2.10. The molecule has 5 heteroatoms. The molecule has 0 aliphatic heterocycles. The average Bonchev–Trinajstić information content (AvgIpc) is 2.12. The van der Waals surface area contributed by atoms with Crippen LogP contribution in [0, 0.1) is 7.14 Å². The molecule has 0 radical (unpaired) electrons. The monoisotopic (exact) mass is 417 g/mol. The van der Waals surface area contributed by atoms with Crippen LogP contribution >= 0.6 is 45.2 Å². The maximum absolute atomic E-state index is 11.0. The van der Waals surface area contributed by atoms with E-state index in [1.165, 1.54) is 0 Å². The number of aromatic hydroxyl groups is 1. The Balaban J connectivity index is 3.19. The second-order valence-electron chi connectivity index (χ2n) is 2.96. The minimum Gasteiger partial charge on any atom is -0.506 e. The van der Waals surface area contributed by atoms with Gasteiger partial charge in [0.2, 0.25) is 5.91 Å². The number of halogens is 2. The normalized spacial score (nSPS) is 12.5. The van der Waals surface area contributed by atoms with Gasteiger partial charge >= 0.3 is 0 Å². The van der Waals surface area contributed by atoms with E-state index in [1.807, 2.05) is 45.2 Å². The highest BCUT2D eigenvalue weighted by atomic mass is 127. The topological polar surface area (TPSA) is 63.3 Å². The minimum atomic E-state index is -0.359. The lowest BCUT2D eigenvalue weighted by molar-refractivity contribution is -0.119. The Labute approximate surface area is 109 Å². The maximum Gasteiger partial charge on any atom is 0.224 e. The zero-order valence-electron chi connectivity index (χ0n) is 7.42. The van der Waals surface area contributed by atoms with Crippen molar-refractivity contribution in [1.29, 1.82) is 0 Å². The standard InChI is InChI=1S/C9H9I2NO2/c1-4(9(12)14)5-2-6(10)8(13)7(11)3-5/h2-4,13H,1H3,(H2,12,14). The number of amides is 1. The molecule has 14 heavy (non-hydrogen) atoms. The van der Waals surface area contributed by atoms with Crippen LogP contribution in [0.1, 0.15) is 18.4 Å².